The summed E-state index contributed by atoms with van der Waals surface area (Å²) in [6.45, 7) is -0.462. The van der Waals surface area contributed by atoms with Crippen LogP contribution in [0.5, 0.6) is 23.0 Å². The van der Waals surface area contributed by atoms with E-state index in [9.17, 15) is 25.1 Å². The molecule has 0 bridgehead atoms. The number of ketones is 1. The van der Waals surface area contributed by atoms with Crippen molar-refractivity contribution in [3.05, 3.63) is 52.1 Å². The number of phenolic OH excluding ortho intramolecular Hbond substituents is 2. The number of Topliss-reactive ketones (excluding diaryl/α,β-unsaturated/α-hetero) is 1. The van der Waals surface area contributed by atoms with E-state index in [1.54, 1.807) is 0 Å². The van der Waals surface area contributed by atoms with E-state index in [1.165, 1.54) is 31.4 Å². The molecular formula is C15H13NO7. The number of rotatable bonds is 6. The highest BCUT2D eigenvalue weighted by molar-refractivity contribution is 5.99. The predicted octanol–water partition coefficient (Wildman–Crippen LogP) is 2.28. The summed E-state index contributed by atoms with van der Waals surface area (Å²) in [7, 11) is 1.36. The Bertz CT molecular complexity index is 757. The molecule has 0 aromatic heterocycles. The van der Waals surface area contributed by atoms with E-state index >= 15 is 0 Å². The Kier molecular flexibility index (Phi) is 4.65. The molecule has 8 nitrogen and oxygen atoms in total. The van der Waals surface area contributed by atoms with Crippen LogP contribution >= 0.6 is 0 Å². The van der Waals surface area contributed by atoms with E-state index in [0.717, 1.165) is 12.1 Å². The van der Waals surface area contributed by atoms with Crippen molar-refractivity contribution in [3.8, 4) is 23.0 Å². The zero-order valence-electron chi connectivity index (χ0n) is 12.1. The third-order valence-electron chi connectivity index (χ3n) is 3.00. The summed E-state index contributed by atoms with van der Waals surface area (Å²) in [6.07, 6.45) is 0. The number of ether oxygens (including phenoxy) is 2. The third-order valence-corrected chi connectivity index (χ3v) is 3.00. The van der Waals surface area contributed by atoms with Gasteiger partial charge < -0.3 is 19.7 Å². The van der Waals surface area contributed by atoms with Crippen LogP contribution in [0, 0.1) is 10.1 Å². The Morgan fingerprint density at radius 1 is 1.17 bits per heavy atom. The second-order valence-corrected chi connectivity index (χ2v) is 4.51. The zero-order chi connectivity index (χ0) is 17.0. The molecule has 23 heavy (non-hydrogen) atoms. The van der Waals surface area contributed by atoms with Crippen molar-refractivity contribution in [3.63, 3.8) is 0 Å². The van der Waals surface area contributed by atoms with Crippen LogP contribution in [0.3, 0.4) is 0 Å². The largest absolute Gasteiger partial charge is 0.508 e. The van der Waals surface area contributed by atoms with Gasteiger partial charge in [0.2, 0.25) is 5.78 Å². The molecular weight excluding hydrogens is 306 g/mol. The standard InChI is InChI=1S/C15H13NO7/c1-22-14-5-2-9(16(20)21)6-15(14)23-8-13(19)11-4-3-10(17)7-12(11)18/h2-7,17-18H,8H2,1H3. The predicted molar refractivity (Wildman–Crippen MR) is 79.2 cm³/mol. The first-order valence-corrected chi connectivity index (χ1v) is 6.42. The number of phenols is 2. The number of nitro benzene ring substituents is 1. The number of non-ortho nitro benzene ring substituents is 1. The topological polar surface area (TPSA) is 119 Å². The number of nitro groups is 1. The molecule has 0 radical (unpaired) electrons. The van der Waals surface area contributed by atoms with Gasteiger partial charge in [-0.05, 0) is 18.2 Å². The van der Waals surface area contributed by atoms with Gasteiger partial charge in [-0.1, -0.05) is 0 Å². The summed E-state index contributed by atoms with van der Waals surface area (Å²) in [6, 6.07) is 7.28. The molecule has 0 saturated carbocycles. The van der Waals surface area contributed by atoms with Gasteiger partial charge >= 0.3 is 0 Å². The van der Waals surface area contributed by atoms with Crippen LogP contribution in [0.2, 0.25) is 0 Å². The van der Waals surface area contributed by atoms with E-state index in [0.29, 0.717) is 0 Å². The number of benzene rings is 2. The number of hydrogen-bond acceptors (Lipinski definition) is 7. The highest BCUT2D eigenvalue weighted by Crippen LogP contribution is 2.31. The van der Waals surface area contributed by atoms with Crippen molar-refractivity contribution < 1.29 is 29.4 Å². The van der Waals surface area contributed by atoms with E-state index in [4.69, 9.17) is 9.47 Å². The molecule has 0 amide bonds. The lowest BCUT2D eigenvalue weighted by atomic mass is 10.1. The summed E-state index contributed by atoms with van der Waals surface area (Å²) in [5.74, 6) is -0.854. The van der Waals surface area contributed by atoms with Gasteiger partial charge in [-0.2, -0.15) is 0 Å². The smallest absolute Gasteiger partial charge is 0.273 e. The molecule has 0 atom stereocenters. The fourth-order valence-electron chi connectivity index (χ4n) is 1.87. The second kappa shape index (κ2) is 6.65. The van der Waals surface area contributed by atoms with Crippen molar-refractivity contribution in [1.29, 1.82) is 0 Å². The summed E-state index contributed by atoms with van der Waals surface area (Å²) < 4.78 is 10.3. The molecule has 0 aliphatic carbocycles. The molecule has 0 saturated heterocycles. The molecule has 0 unspecified atom stereocenters. The summed E-state index contributed by atoms with van der Waals surface area (Å²) in [4.78, 5) is 22.2. The van der Waals surface area contributed by atoms with Gasteiger partial charge in [-0.3, -0.25) is 14.9 Å². The Hall–Kier alpha value is -3.29. The highest BCUT2D eigenvalue weighted by Gasteiger charge is 2.16. The summed E-state index contributed by atoms with van der Waals surface area (Å²) in [5.41, 5.74) is -0.243. The van der Waals surface area contributed by atoms with Crippen molar-refractivity contribution in [1.82, 2.24) is 0 Å². The molecule has 0 aliphatic rings. The Balaban J connectivity index is 2.18. The van der Waals surface area contributed by atoms with E-state index in [1.807, 2.05) is 0 Å². The zero-order valence-corrected chi connectivity index (χ0v) is 12.1. The molecule has 8 heteroatoms. The minimum absolute atomic E-state index is 0.0350. The van der Waals surface area contributed by atoms with Gasteiger partial charge in [0.1, 0.15) is 11.5 Å². The number of hydrogen-bond donors (Lipinski definition) is 2. The minimum atomic E-state index is -0.597. The lowest BCUT2D eigenvalue weighted by Gasteiger charge is -2.10. The van der Waals surface area contributed by atoms with Crippen LogP contribution in [0.25, 0.3) is 0 Å². The number of methoxy groups -OCH3 is 1. The van der Waals surface area contributed by atoms with E-state index in [-0.39, 0.29) is 34.2 Å². The van der Waals surface area contributed by atoms with Crippen LogP contribution in [-0.4, -0.2) is 34.6 Å². The van der Waals surface area contributed by atoms with Gasteiger partial charge in [0.05, 0.1) is 23.7 Å². The first-order valence-electron chi connectivity index (χ1n) is 6.42. The van der Waals surface area contributed by atoms with Gasteiger partial charge in [0.25, 0.3) is 5.69 Å². The van der Waals surface area contributed by atoms with Crippen LogP contribution < -0.4 is 9.47 Å². The van der Waals surface area contributed by atoms with E-state index < -0.39 is 17.3 Å². The van der Waals surface area contributed by atoms with Crippen molar-refractivity contribution in [2.75, 3.05) is 13.7 Å². The fourth-order valence-corrected chi connectivity index (χ4v) is 1.87. The molecule has 2 aromatic rings. The number of carbonyl (C=O) groups excluding carboxylic acids is 1. The van der Waals surface area contributed by atoms with Crippen LogP contribution in [0.1, 0.15) is 10.4 Å². The molecule has 0 spiro atoms. The first-order chi connectivity index (χ1) is 10.9. The lowest BCUT2D eigenvalue weighted by Crippen LogP contribution is -2.12. The summed E-state index contributed by atoms with van der Waals surface area (Å²) >= 11 is 0. The highest BCUT2D eigenvalue weighted by atomic mass is 16.6. The SMILES string of the molecule is COc1ccc([N+](=O)[O-])cc1OCC(=O)c1ccc(O)cc1O. The number of nitrogens with zero attached hydrogens (tertiary/aromatic N) is 1. The fraction of sp³-hybridized carbons (Fsp3) is 0.133. The Morgan fingerprint density at radius 3 is 2.52 bits per heavy atom. The van der Waals surface area contributed by atoms with Gasteiger partial charge in [0, 0.05) is 12.1 Å². The Morgan fingerprint density at radius 2 is 1.91 bits per heavy atom. The number of aromatic hydroxyl groups is 2. The van der Waals surface area contributed by atoms with Crippen molar-refractivity contribution >= 4 is 11.5 Å². The minimum Gasteiger partial charge on any atom is -0.508 e. The average Bonchev–Trinajstić information content (AvgIpc) is 2.52. The van der Waals surface area contributed by atoms with Crippen molar-refractivity contribution in [2.45, 2.75) is 0 Å². The summed E-state index contributed by atoms with van der Waals surface area (Å²) in [5, 5.41) is 29.6. The number of carbonyl (C=O) groups is 1. The maximum absolute atomic E-state index is 12.0. The van der Waals surface area contributed by atoms with Crippen LogP contribution in [-0.2, 0) is 0 Å². The van der Waals surface area contributed by atoms with Crippen molar-refractivity contribution in [2.24, 2.45) is 0 Å². The second-order valence-electron chi connectivity index (χ2n) is 4.51. The molecule has 2 aromatic carbocycles. The molecule has 0 aliphatic heterocycles. The van der Waals surface area contributed by atoms with Gasteiger partial charge in [-0.15, -0.1) is 0 Å². The molecule has 0 heterocycles. The molecule has 120 valence electrons. The molecule has 0 fully saturated rings. The molecule has 2 rings (SSSR count). The van der Waals surface area contributed by atoms with Gasteiger partial charge in [0.15, 0.2) is 18.1 Å². The average molecular weight is 319 g/mol. The van der Waals surface area contributed by atoms with E-state index in [2.05, 4.69) is 0 Å². The quantitative estimate of drug-likeness (QED) is 0.476. The normalized spacial score (nSPS) is 10.1. The maximum Gasteiger partial charge on any atom is 0.273 e. The lowest BCUT2D eigenvalue weighted by molar-refractivity contribution is -0.385. The Labute approximate surface area is 130 Å². The first kappa shape index (κ1) is 16.1. The molecule has 2 N–H and O–H groups in total. The van der Waals surface area contributed by atoms with Crippen LogP contribution in [0.4, 0.5) is 5.69 Å². The van der Waals surface area contributed by atoms with Crippen LogP contribution in [0.15, 0.2) is 36.4 Å². The maximum atomic E-state index is 12.0. The monoisotopic (exact) mass is 319 g/mol. The van der Waals surface area contributed by atoms with Gasteiger partial charge in [-0.25, -0.2) is 0 Å². The third kappa shape index (κ3) is 3.67.